The van der Waals surface area contributed by atoms with Gasteiger partial charge in [-0.25, -0.2) is 4.39 Å². The van der Waals surface area contributed by atoms with E-state index in [1.54, 1.807) is 6.07 Å². The lowest BCUT2D eigenvalue weighted by atomic mass is 9.53. The number of hydrogen-bond donors (Lipinski definition) is 3. The van der Waals surface area contributed by atoms with Crippen LogP contribution >= 0.6 is 0 Å². The van der Waals surface area contributed by atoms with Gasteiger partial charge >= 0.3 is 0 Å². The Balaban J connectivity index is 2.39. The molecule has 4 N–H and O–H groups in total. The third-order valence-corrected chi connectivity index (χ3v) is 4.05. The fourth-order valence-corrected chi connectivity index (χ4v) is 2.97. The highest BCUT2D eigenvalue weighted by atomic mass is 19.1. The Morgan fingerprint density at radius 1 is 1.38 bits per heavy atom. The molecule has 0 unspecified atom stereocenters. The molecule has 2 rings (SSSR count). The van der Waals surface area contributed by atoms with Gasteiger partial charge < -0.3 is 16.4 Å². The fourth-order valence-electron chi connectivity index (χ4n) is 2.97. The molecule has 3 amide bonds. The van der Waals surface area contributed by atoms with Gasteiger partial charge in [0.05, 0.1) is 5.41 Å². The zero-order valence-electron chi connectivity index (χ0n) is 11.5. The molecule has 0 radical (unpaired) electrons. The van der Waals surface area contributed by atoms with Crippen molar-refractivity contribution in [3.8, 4) is 0 Å². The lowest BCUT2D eigenvalue weighted by Gasteiger charge is -2.52. The van der Waals surface area contributed by atoms with Gasteiger partial charge in [-0.05, 0) is 30.5 Å². The van der Waals surface area contributed by atoms with Crippen LogP contribution in [0.1, 0.15) is 18.4 Å². The maximum absolute atomic E-state index is 13.4. The van der Waals surface area contributed by atoms with E-state index >= 15 is 0 Å². The molecule has 1 aromatic carbocycles. The summed E-state index contributed by atoms with van der Waals surface area (Å²) in [6, 6.07) is 5.54. The largest absolute Gasteiger partial charge is 0.369 e. The number of hydrogen-bond acceptors (Lipinski definition) is 3. The van der Waals surface area contributed by atoms with Crippen LogP contribution in [0.4, 0.5) is 4.39 Å². The van der Waals surface area contributed by atoms with Gasteiger partial charge in [-0.1, -0.05) is 12.1 Å². The summed E-state index contributed by atoms with van der Waals surface area (Å²) in [4.78, 5) is 34.6. The molecular formula is C14H16FN3O3. The average Bonchev–Trinajstić information content (AvgIpc) is 2.41. The SMILES string of the molecule is CNC(=O)C1(NC=O)CC(C(N)=O)(c2cccc(F)c2)C1. The summed E-state index contributed by atoms with van der Waals surface area (Å²) in [6.45, 7) is 0. The summed E-state index contributed by atoms with van der Waals surface area (Å²) >= 11 is 0. The molecule has 1 aliphatic rings. The van der Waals surface area contributed by atoms with Crippen LogP contribution in [0.25, 0.3) is 0 Å². The van der Waals surface area contributed by atoms with E-state index in [0.29, 0.717) is 12.0 Å². The fraction of sp³-hybridized carbons (Fsp3) is 0.357. The quantitative estimate of drug-likeness (QED) is 0.642. The summed E-state index contributed by atoms with van der Waals surface area (Å²) in [6.07, 6.45) is 0.403. The highest BCUT2D eigenvalue weighted by Gasteiger charge is 2.62. The predicted molar refractivity (Wildman–Crippen MR) is 72.5 cm³/mol. The molecule has 0 bridgehead atoms. The molecule has 0 spiro atoms. The Morgan fingerprint density at radius 3 is 2.52 bits per heavy atom. The Morgan fingerprint density at radius 2 is 2.05 bits per heavy atom. The summed E-state index contributed by atoms with van der Waals surface area (Å²) in [5.41, 5.74) is 3.51. The normalized spacial score (nSPS) is 27.3. The van der Waals surface area contributed by atoms with E-state index < -0.39 is 28.6 Å². The monoisotopic (exact) mass is 293 g/mol. The van der Waals surface area contributed by atoms with Crippen molar-refractivity contribution in [2.75, 3.05) is 7.05 Å². The molecule has 1 fully saturated rings. The first-order valence-corrected chi connectivity index (χ1v) is 6.40. The van der Waals surface area contributed by atoms with Gasteiger partial charge in [0.2, 0.25) is 18.2 Å². The number of nitrogens with one attached hydrogen (secondary N) is 2. The first kappa shape index (κ1) is 15.0. The maximum Gasteiger partial charge on any atom is 0.245 e. The minimum absolute atomic E-state index is 0.00278. The molecule has 1 aromatic rings. The van der Waals surface area contributed by atoms with Crippen LogP contribution in [0.3, 0.4) is 0 Å². The number of amides is 3. The second kappa shape index (κ2) is 5.16. The van der Waals surface area contributed by atoms with Gasteiger partial charge in [-0.2, -0.15) is 0 Å². The number of halogens is 1. The van der Waals surface area contributed by atoms with Crippen LogP contribution in [0, 0.1) is 5.82 Å². The van der Waals surface area contributed by atoms with Crippen LogP contribution in [-0.2, 0) is 19.8 Å². The molecule has 0 saturated heterocycles. The van der Waals surface area contributed by atoms with Gasteiger partial charge in [0.25, 0.3) is 0 Å². The van der Waals surface area contributed by atoms with Crippen LogP contribution in [0.2, 0.25) is 0 Å². The highest BCUT2D eigenvalue weighted by Crippen LogP contribution is 2.50. The number of primary amides is 1. The number of carbonyl (C=O) groups is 3. The third kappa shape index (κ3) is 2.24. The van der Waals surface area contributed by atoms with Crippen molar-refractivity contribution in [1.29, 1.82) is 0 Å². The summed E-state index contributed by atoms with van der Waals surface area (Å²) < 4.78 is 13.4. The molecule has 7 heteroatoms. The van der Waals surface area contributed by atoms with Crippen LogP contribution in [-0.4, -0.2) is 30.8 Å². The van der Waals surface area contributed by atoms with Crippen molar-refractivity contribution in [2.24, 2.45) is 5.73 Å². The lowest BCUT2D eigenvalue weighted by molar-refractivity contribution is -0.143. The average molecular weight is 293 g/mol. The second-order valence-corrected chi connectivity index (χ2v) is 5.23. The summed E-state index contributed by atoms with van der Waals surface area (Å²) in [5, 5.41) is 4.89. The smallest absolute Gasteiger partial charge is 0.245 e. The number of benzene rings is 1. The predicted octanol–water partition coefficient (Wildman–Crippen LogP) is -0.427. The maximum atomic E-state index is 13.4. The van der Waals surface area contributed by atoms with Crippen LogP contribution in [0.5, 0.6) is 0 Å². The van der Waals surface area contributed by atoms with E-state index in [2.05, 4.69) is 10.6 Å². The third-order valence-electron chi connectivity index (χ3n) is 4.05. The Bertz CT molecular complexity index is 597. The van der Waals surface area contributed by atoms with E-state index in [-0.39, 0.29) is 12.8 Å². The molecule has 112 valence electrons. The van der Waals surface area contributed by atoms with Crippen molar-refractivity contribution in [1.82, 2.24) is 10.6 Å². The van der Waals surface area contributed by atoms with Crippen molar-refractivity contribution < 1.29 is 18.8 Å². The first-order valence-electron chi connectivity index (χ1n) is 6.40. The molecule has 0 atom stereocenters. The summed E-state index contributed by atoms with van der Waals surface area (Å²) in [5.74, 6) is -1.56. The zero-order valence-corrected chi connectivity index (χ0v) is 11.5. The Labute approximate surface area is 120 Å². The van der Waals surface area contributed by atoms with E-state index in [4.69, 9.17) is 5.73 Å². The van der Waals surface area contributed by atoms with Crippen LogP contribution < -0.4 is 16.4 Å². The van der Waals surface area contributed by atoms with Gasteiger partial charge in [-0.15, -0.1) is 0 Å². The standard InChI is InChI=1S/C14H16FN3O3/c1-17-12(21)14(18-8-19)6-13(7-14,11(16)20)9-3-2-4-10(15)5-9/h2-5,8H,6-7H2,1H3,(H2,16,20)(H,17,21)(H,18,19). The van der Waals surface area contributed by atoms with Crippen LogP contribution in [0.15, 0.2) is 24.3 Å². The molecule has 6 nitrogen and oxygen atoms in total. The number of nitrogens with two attached hydrogens (primary N) is 1. The van der Waals surface area contributed by atoms with E-state index in [9.17, 15) is 18.8 Å². The molecule has 1 saturated carbocycles. The van der Waals surface area contributed by atoms with Gasteiger partial charge in [-0.3, -0.25) is 14.4 Å². The van der Waals surface area contributed by atoms with Gasteiger partial charge in [0.15, 0.2) is 0 Å². The van der Waals surface area contributed by atoms with Gasteiger partial charge in [0, 0.05) is 7.05 Å². The minimum Gasteiger partial charge on any atom is -0.369 e. The molecule has 21 heavy (non-hydrogen) atoms. The number of likely N-dealkylation sites (N-methyl/N-ethyl adjacent to an activating group) is 1. The number of carbonyl (C=O) groups excluding carboxylic acids is 3. The summed E-state index contributed by atoms with van der Waals surface area (Å²) in [7, 11) is 1.43. The van der Waals surface area contributed by atoms with Gasteiger partial charge in [0.1, 0.15) is 11.4 Å². The molecular weight excluding hydrogens is 277 g/mol. The van der Waals surface area contributed by atoms with E-state index in [1.165, 1.54) is 25.2 Å². The second-order valence-electron chi connectivity index (χ2n) is 5.23. The molecule has 1 aliphatic carbocycles. The Hall–Kier alpha value is -2.44. The van der Waals surface area contributed by atoms with Crippen molar-refractivity contribution in [3.63, 3.8) is 0 Å². The molecule has 0 aromatic heterocycles. The first-order chi connectivity index (χ1) is 9.90. The minimum atomic E-state index is -1.20. The van der Waals surface area contributed by atoms with E-state index in [0.717, 1.165) is 0 Å². The topological polar surface area (TPSA) is 101 Å². The lowest BCUT2D eigenvalue weighted by Crippen LogP contribution is -2.71. The van der Waals surface area contributed by atoms with Crippen molar-refractivity contribution in [2.45, 2.75) is 23.8 Å². The zero-order chi connectivity index (χ0) is 15.7. The van der Waals surface area contributed by atoms with Crippen molar-refractivity contribution >= 4 is 18.2 Å². The van der Waals surface area contributed by atoms with Crippen molar-refractivity contribution in [3.05, 3.63) is 35.6 Å². The highest BCUT2D eigenvalue weighted by molar-refractivity contribution is 5.97. The molecule has 0 aliphatic heterocycles. The van der Waals surface area contributed by atoms with E-state index in [1.807, 2.05) is 0 Å². The molecule has 0 heterocycles. The Kier molecular flexibility index (Phi) is 3.67. The number of rotatable bonds is 5.